The Kier molecular flexibility index (Phi) is 63.7. The second-order valence-electron chi connectivity index (χ2n) is 27.3. The van der Waals surface area contributed by atoms with E-state index in [4.69, 9.17) is 37.0 Å². The lowest BCUT2D eigenvalue weighted by Crippen LogP contribution is -2.30. The molecule has 0 saturated carbocycles. The highest BCUT2D eigenvalue weighted by molar-refractivity contribution is 7.47. The number of aliphatic hydroxyl groups excluding tert-OH is 1. The second kappa shape index (κ2) is 65.0. The summed E-state index contributed by atoms with van der Waals surface area (Å²) in [6.45, 7) is 9.46. The molecule has 5 atom stereocenters. The van der Waals surface area contributed by atoms with Crippen LogP contribution in [0.2, 0.25) is 0 Å². The molecule has 0 aromatic carbocycles. The van der Waals surface area contributed by atoms with Crippen molar-refractivity contribution in [3.05, 3.63) is 0 Å². The topological polar surface area (TPSA) is 237 Å². The number of unbranched alkanes of at least 4 members (excludes halogenated alkanes) is 42. The number of hydrogen-bond acceptors (Lipinski definition) is 15. The lowest BCUT2D eigenvalue weighted by molar-refractivity contribution is -0.161. The van der Waals surface area contributed by atoms with E-state index in [1.54, 1.807) is 0 Å². The van der Waals surface area contributed by atoms with Gasteiger partial charge >= 0.3 is 39.5 Å². The standard InChI is InChI=1S/C73H142O17P2/c1-7-9-11-13-15-16-17-18-19-20-21-22-23-24-25-26-27-28-31-39-45-51-57-72(77)89-69(62-84-71(76)56-50-44-38-32-29-30-36-41-47-53-65(3)4)64-88-92(81,82)86-60-67(74)59-85-91(79,80)87-63-68(61-83-70(75)55-49-43-35-14-12-10-8-2)90-73(78)58-52-46-40-34-33-37-42-48-54-66(5)6/h65-69,74H,7-64H2,1-6H3,(H,79,80)(H,81,82)/t67-,68+,69+/m0/s1. The van der Waals surface area contributed by atoms with Crippen molar-refractivity contribution in [2.75, 3.05) is 39.6 Å². The fourth-order valence-corrected chi connectivity index (χ4v) is 12.7. The van der Waals surface area contributed by atoms with Crippen molar-refractivity contribution in [3.8, 4) is 0 Å². The second-order valence-corrected chi connectivity index (χ2v) is 30.2. The molecule has 19 heteroatoms. The van der Waals surface area contributed by atoms with Gasteiger partial charge in [-0.15, -0.1) is 0 Å². The molecule has 0 aliphatic carbocycles. The van der Waals surface area contributed by atoms with Crippen LogP contribution in [-0.2, 0) is 65.4 Å². The number of esters is 4. The van der Waals surface area contributed by atoms with Crippen LogP contribution in [0.3, 0.4) is 0 Å². The molecule has 546 valence electrons. The number of rotatable bonds is 72. The van der Waals surface area contributed by atoms with E-state index < -0.39 is 97.5 Å². The molecule has 0 aromatic heterocycles. The quantitative estimate of drug-likeness (QED) is 0.0222. The van der Waals surface area contributed by atoms with Gasteiger partial charge in [-0.3, -0.25) is 37.3 Å². The van der Waals surface area contributed by atoms with Crippen LogP contribution < -0.4 is 0 Å². The van der Waals surface area contributed by atoms with Crippen molar-refractivity contribution in [2.24, 2.45) is 11.8 Å². The lowest BCUT2D eigenvalue weighted by Gasteiger charge is -2.21. The van der Waals surface area contributed by atoms with E-state index in [1.807, 2.05) is 0 Å². The van der Waals surface area contributed by atoms with Gasteiger partial charge in [-0.25, -0.2) is 9.13 Å². The molecule has 0 bridgehead atoms. The smallest absolute Gasteiger partial charge is 0.462 e. The highest BCUT2D eigenvalue weighted by Crippen LogP contribution is 2.45. The number of phosphoric acid groups is 2. The van der Waals surface area contributed by atoms with Crippen LogP contribution in [0.15, 0.2) is 0 Å². The summed E-state index contributed by atoms with van der Waals surface area (Å²) in [5, 5.41) is 10.6. The van der Waals surface area contributed by atoms with E-state index >= 15 is 0 Å². The summed E-state index contributed by atoms with van der Waals surface area (Å²) in [6.07, 6.45) is 51.8. The molecule has 0 aromatic rings. The first-order chi connectivity index (χ1) is 44.4. The molecule has 0 rings (SSSR count). The predicted molar refractivity (Wildman–Crippen MR) is 372 cm³/mol. The Hall–Kier alpha value is -1.94. The minimum Gasteiger partial charge on any atom is -0.462 e. The third-order valence-electron chi connectivity index (χ3n) is 17.0. The monoisotopic (exact) mass is 1350 g/mol. The Morgan fingerprint density at radius 3 is 0.739 bits per heavy atom. The molecule has 0 fully saturated rings. The molecule has 0 saturated heterocycles. The van der Waals surface area contributed by atoms with Gasteiger partial charge in [0.15, 0.2) is 12.2 Å². The Balaban J connectivity index is 5.13. The third kappa shape index (κ3) is 66.7. The summed E-state index contributed by atoms with van der Waals surface area (Å²) in [4.78, 5) is 72.5. The van der Waals surface area contributed by atoms with E-state index in [2.05, 4.69) is 41.5 Å². The molecule has 3 N–H and O–H groups in total. The van der Waals surface area contributed by atoms with Gasteiger partial charge in [0.2, 0.25) is 0 Å². The normalized spacial score (nSPS) is 14.1. The third-order valence-corrected chi connectivity index (χ3v) is 18.9. The van der Waals surface area contributed by atoms with Crippen LogP contribution in [0.4, 0.5) is 0 Å². The summed E-state index contributed by atoms with van der Waals surface area (Å²) >= 11 is 0. The van der Waals surface area contributed by atoms with Gasteiger partial charge in [0, 0.05) is 25.7 Å². The Labute approximate surface area is 562 Å². The number of carbonyl (C=O) groups is 4. The Morgan fingerprint density at radius 1 is 0.293 bits per heavy atom. The average Bonchev–Trinajstić information content (AvgIpc) is 1.63. The fourth-order valence-electron chi connectivity index (χ4n) is 11.1. The van der Waals surface area contributed by atoms with Gasteiger partial charge in [-0.2, -0.15) is 0 Å². The first-order valence-corrected chi connectivity index (χ1v) is 41.0. The molecule has 2 unspecified atom stereocenters. The molecule has 0 aliphatic rings. The highest BCUT2D eigenvalue weighted by Gasteiger charge is 2.30. The maximum Gasteiger partial charge on any atom is 0.472 e. The van der Waals surface area contributed by atoms with Gasteiger partial charge in [0.25, 0.3) is 0 Å². The highest BCUT2D eigenvalue weighted by atomic mass is 31.2. The van der Waals surface area contributed by atoms with Crippen molar-refractivity contribution in [3.63, 3.8) is 0 Å². The molecule has 17 nitrogen and oxygen atoms in total. The van der Waals surface area contributed by atoms with Crippen molar-refractivity contribution >= 4 is 39.5 Å². The van der Waals surface area contributed by atoms with Crippen LogP contribution in [0.1, 0.15) is 375 Å². The Morgan fingerprint density at radius 2 is 0.500 bits per heavy atom. The zero-order chi connectivity index (χ0) is 67.9. The molecule has 0 heterocycles. The van der Waals surface area contributed by atoms with Crippen molar-refractivity contribution in [1.29, 1.82) is 0 Å². The molecule has 0 radical (unpaired) electrons. The molecular weight excluding hydrogens is 1210 g/mol. The maximum atomic E-state index is 13.0. The van der Waals surface area contributed by atoms with Gasteiger partial charge in [0.05, 0.1) is 26.4 Å². The number of carbonyl (C=O) groups excluding carboxylic acids is 4. The van der Waals surface area contributed by atoms with Crippen LogP contribution >= 0.6 is 15.6 Å². The van der Waals surface area contributed by atoms with Gasteiger partial charge < -0.3 is 33.8 Å². The summed E-state index contributed by atoms with van der Waals surface area (Å²) < 4.78 is 68.2. The minimum absolute atomic E-state index is 0.104. The number of hydrogen-bond donors (Lipinski definition) is 3. The average molecular weight is 1350 g/mol. The zero-order valence-corrected chi connectivity index (χ0v) is 61.6. The number of phosphoric ester groups is 2. The molecule has 0 amide bonds. The number of aliphatic hydroxyl groups is 1. The van der Waals surface area contributed by atoms with Gasteiger partial charge in [-0.1, -0.05) is 324 Å². The van der Waals surface area contributed by atoms with Crippen LogP contribution in [0, 0.1) is 11.8 Å². The largest absolute Gasteiger partial charge is 0.472 e. The van der Waals surface area contributed by atoms with E-state index in [1.165, 1.54) is 180 Å². The van der Waals surface area contributed by atoms with Crippen molar-refractivity contribution in [2.45, 2.75) is 394 Å². The van der Waals surface area contributed by atoms with Crippen LogP contribution in [-0.4, -0.2) is 96.7 Å². The van der Waals surface area contributed by atoms with E-state index in [0.29, 0.717) is 25.7 Å². The molecule has 0 spiro atoms. The number of ether oxygens (including phenoxy) is 4. The summed E-state index contributed by atoms with van der Waals surface area (Å²) in [5.41, 5.74) is 0. The van der Waals surface area contributed by atoms with Crippen molar-refractivity contribution < 1.29 is 80.2 Å². The first-order valence-electron chi connectivity index (χ1n) is 38.0. The fraction of sp³-hybridized carbons (Fsp3) is 0.945. The van der Waals surface area contributed by atoms with Crippen LogP contribution in [0.5, 0.6) is 0 Å². The SMILES string of the molecule is CCCCCCCCCCCCCCCCCCCCCCCCC(=O)O[C@H](COC(=O)CCCCCCCCCCCC(C)C)COP(=O)(O)OC[C@@H](O)COP(=O)(O)OC[C@@H](COC(=O)CCCCCCCCC)OC(=O)CCCCCCCCCCC(C)C. The van der Waals surface area contributed by atoms with Gasteiger partial charge in [0.1, 0.15) is 19.3 Å². The van der Waals surface area contributed by atoms with E-state index in [0.717, 1.165) is 115 Å². The summed E-state index contributed by atoms with van der Waals surface area (Å²) in [7, 11) is -9.90. The minimum atomic E-state index is -4.95. The van der Waals surface area contributed by atoms with E-state index in [-0.39, 0.29) is 25.7 Å². The molecule has 92 heavy (non-hydrogen) atoms. The van der Waals surface area contributed by atoms with Crippen LogP contribution in [0.25, 0.3) is 0 Å². The lowest BCUT2D eigenvalue weighted by atomic mass is 10.0. The first kappa shape index (κ1) is 90.1. The maximum absolute atomic E-state index is 13.0. The summed E-state index contributed by atoms with van der Waals surface area (Å²) in [6, 6.07) is 0. The molecular formula is C73H142O17P2. The van der Waals surface area contributed by atoms with E-state index in [9.17, 15) is 43.2 Å². The van der Waals surface area contributed by atoms with Crippen molar-refractivity contribution in [1.82, 2.24) is 0 Å². The zero-order valence-electron chi connectivity index (χ0n) is 59.9. The Bertz CT molecular complexity index is 1790. The van der Waals surface area contributed by atoms with Gasteiger partial charge in [-0.05, 0) is 37.5 Å². The molecule has 0 aliphatic heterocycles. The summed E-state index contributed by atoms with van der Waals surface area (Å²) in [5.74, 6) is -0.667. The predicted octanol–water partition coefficient (Wildman–Crippen LogP) is 21.2.